The van der Waals surface area contributed by atoms with Crippen LogP contribution in [0.2, 0.25) is 0 Å². The zero-order chi connectivity index (χ0) is 22.2. The molecule has 6 heteroatoms. The van der Waals surface area contributed by atoms with Gasteiger partial charge in [-0.15, -0.1) is 0 Å². The van der Waals surface area contributed by atoms with Crippen LogP contribution in [0.25, 0.3) is 32.8 Å². The van der Waals surface area contributed by atoms with Crippen molar-refractivity contribution in [3.05, 3.63) is 73.1 Å². The van der Waals surface area contributed by atoms with Gasteiger partial charge in [0.1, 0.15) is 17.9 Å². The minimum Gasteiger partial charge on any atom is -0.507 e. The van der Waals surface area contributed by atoms with Gasteiger partial charge in [-0.1, -0.05) is 36.9 Å². The van der Waals surface area contributed by atoms with Crippen LogP contribution in [0.3, 0.4) is 0 Å². The molecular formula is C26H24N4O2. The predicted molar refractivity (Wildman–Crippen MR) is 128 cm³/mol. The maximum atomic E-state index is 11.9. The molecule has 1 aliphatic rings. The Balaban J connectivity index is 1.58. The van der Waals surface area contributed by atoms with Crippen LogP contribution in [-0.4, -0.2) is 52.1 Å². The molecule has 1 N–H and O–H groups in total. The van der Waals surface area contributed by atoms with Crippen molar-refractivity contribution < 1.29 is 9.90 Å². The van der Waals surface area contributed by atoms with Crippen LogP contribution in [0.5, 0.6) is 5.75 Å². The summed E-state index contributed by atoms with van der Waals surface area (Å²) in [4.78, 5) is 25.0. The zero-order valence-corrected chi connectivity index (χ0v) is 18.0. The lowest BCUT2D eigenvalue weighted by Gasteiger charge is -2.35. The van der Waals surface area contributed by atoms with Gasteiger partial charge in [0.25, 0.3) is 0 Å². The molecule has 2 heterocycles. The van der Waals surface area contributed by atoms with Crippen LogP contribution in [0, 0.1) is 6.92 Å². The summed E-state index contributed by atoms with van der Waals surface area (Å²) in [6.45, 7) is 8.31. The summed E-state index contributed by atoms with van der Waals surface area (Å²) in [5.74, 6) is 1.09. The molecule has 32 heavy (non-hydrogen) atoms. The maximum absolute atomic E-state index is 11.9. The Labute approximate surface area is 186 Å². The van der Waals surface area contributed by atoms with Gasteiger partial charge in [-0.3, -0.25) is 4.79 Å². The van der Waals surface area contributed by atoms with Gasteiger partial charge in [-0.25, -0.2) is 9.97 Å². The highest BCUT2D eigenvalue weighted by Gasteiger charge is 2.22. The van der Waals surface area contributed by atoms with Crippen molar-refractivity contribution in [2.45, 2.75) is 6.92 Å². The summed E-state index contributed by atoms with van der Waals surface area (Å²) >= 11 is 0. The van der Waals surface area contributed by atoms with Crippen molar-refractivity contribution in [3.63, 3.8) is 0 Å². The van der Waals surface area contributed by atoms with E-state index in [-0.39, 0.29) is 11.7 Å². The first-order valence-corrected chi connectivity index (χ1v) is 10.7. The van der Waals surface area contributed by atoms with E-state index < -0.39 is 0 Å². The summed E-state index contributed by atoms with van der Waals surface area (Å²) < 4.78 is 0. The summed E-state index contributed by atoms with van der Waals surface area (Å²) in [6.07, 6.45) is 2.95. The zero-order valence-electron chi connectivity index (χ0n) is 18.0. The van der Waals surface area contributed by atoms with E-state index in [1.165, 1.54) is 6.08 Å². The number of aryl methyl sites for hydroxylation is 1. The lowest BCUT2D eigenvalue weighted by molar-refractivity contribution is -0.126. The van der Waals surface area contributed by atoms with Crippen LogP contribution in [-0.2, 0) is 4.79 Å². The van der Waals surface area contributed by atoms with E-state index in [4.69, 9.17) is 0 Å². The Kier molecular flexibility index (Phi) is 4.98. The summed E-state index contributed by atoms with van der Waals surface area (Å²) in [5, 5.41) is 13.8. The number of phenolic OH excluding ortho intramolecular Hbond substituents is 1. The van der Waals surface area contributed by atoms with E-state index in [0.717, 1.165) is 44.2 Å². The average molecular weight is 425 g/mol. The van der Waals surface area contributed by atoms with Gasteiger partial charge in [-0.05, 0) is 53.1 Å². The molecule has 160 valence electrons. The van der Waals surface area contributed by atoms with E-state index >= 15 is 0 Å². The first kappa shape index (κ1) is 20.0. The number of piperazine rings is 1. The molecule has 5 rings (SSSR count). The Morgan fingerprint density at radius 1 is 1.03 bits per heavy atom. The van der Waals surface area contributed by atoms with E-state index in [1.807, 2.05) is 43.3 Å². The van der Waals surface area contributed by atoms with Crippen molar-refractivity contribution in [2.75, 3.05) is 31.1 Å². The van der Waals surface area contributed by atoms with E-state index in [9.17, 15) is 9.90 Å². The second-order valence-electron chi connectivity index (χ2n) is 8.08. The fourth-order valence-corrected chi connectivity index (χ4v) is 4.53. The van der Waals surface area contributed by atoms with Crippen LogP contribution in [0.15, 0.2) is 67.5 Å². The predicted octanol–water partition coefficient (Wildman–Crippen LogP) is 4.30. The third-order valence-electron chi connectivity index (χ3n) is 6.20. The average Bonchev–Trinajstić information content (AvgIpc) is 2.83. The Morgan fingerprint density at radius 3 is 2.59 bits per heavy atom. The number of phenols is 1. The molecule has 0 aliphatic carbocycles. The monoisotopic (exact) mass is 424 g/mol. The molecule has 1 fully saturated rings. The van der Waals surface area contributed by atoms with Gasteiger partial charge in [0.05, 0.1) is 5.52 Å². The highest BCUT2D eigenvalue weighted by Crippen LogP contribution is 2.40. The molecule has 4 aromatic rings. The molecule has 0 bridgehead atoms. The van der Waals surface area contributed by atoms with Crippen molar-refractivity contribution >= 4 is 33.4 Å². The van der Waals surface area contributed by atoms with Crippen LogP contribution < -0.4 is 4.90 Å². The van der Waals surface area contributed by atoms with Crippen molar-refractivity contribution in [1.82, 2.24) is 14.9 Å². The second kappa shape index (κ2) is 7.96. The number of aromatic hydroxyl groups is 1. The Morgan fingerprint density at radius 2 is 1.81 bits per heavy atom. The first-order valence-electron chi connectivity index (χ1n) is 10.7. The molecule has 6 nitrogen and oxygen atoms in total. The summed E-state index contributed by atoms with van der Waals surface area (Å²) in [5.41, 5.74) is 3.64. The number of benzene rings is 3. The van der Waals surface area contributed by atoms with Crippen LogP contribution in [0.1, 0.15) is 5.56 Å². The number of hydrogen-bond acceptors (Lipinski definition) is 5. The molecule has 1 aliphatic heterocycles. The molecule has 0 atom stereocenters. The van der Waals surface area contributed by atoms with E-state index in [0.29, 0.717) is 26.2 Å². The van der Waals surface area contributed by atoms with Crippen molar-refractivity contribution in [3.8, 4) is 16.9 Å². The molecule has 0 spiro atoms. The van der Waals surface area contributed by atoms with Gasteiger partial charge in [0.2, 0.25) is 5.91 Å². The fraction of sp³-hybridized carbons (Fsp3) is 0.192. The second-order valence-corrected chi connectivity index (χ2v) is 8.08. The molecule has 1 amide bonds. The van der Waals surface area contributed by atoms with Gasteiger partial charge in [0.15, 0.2) is 0 Å². The lowest BCUT2D eigenvalue weighted by Crippen LogP contribution is -2.48. The quantitative estimate of drug-likeness (QED) is 0.497. The van der Waals surface area contributed by atoms with Gasteiger partial charge >= 0.3 is 0 Å². The standard InChI is InChI=1S/C26H24N4O2/c1-3-24(32)29-10-12-30(13-11-29)26-21-14-17(2)20(15-22(21)27-16-28-26)25-19-7-5-4-6-18(19)8-9-23(25)31/h3-9,14-16,31H,1,10-13H2,2H3. The number of carbonyl (C=O) groups excluding carboxylic acids is 1. The third kappa shape index (κ3) is 3.34. The van der Waals surface area contributed by atoms with E-state index in [1.54, 1.807) is 17.3 Å². The number of nitrogens with zero attached hydrogens (tertiary/aromatic N) is 4. The lowest BCUT2D eigenvalue weighted by atomic mass is 9.93. The van der Waals surface area contributed by atoms with Crippen LogP contribution >= 0.6 is 0 Å². The topological polar surface area (TPSA) is 69.6 Å². The van der Waals surface area contributed by atoms with Crippen LogP contribution in [0.4, 0.5) is 5.82 Å². The largest absolute Gasteiger partial charge is 0.507 e. The minimum atomic E-state index is -0.0347. The molecule has 1 saturated heterocycles. The first-order chi connectivity index (χ1) is 15.6. The number of anilines is 1. The molecular weight excluding hydrogens is 400 g/mol. The molecule has 1 aromatic heterocycles. The molecule has 0 saturated carbocycles. The number of rotatable bonds is 3. The highest BCUT2D eigenvalue weighted by atomic mass is 16.3. The number of aromatic nitrogens is 2. The Bertz CT molecular complexity index is 1360. The Hall–Kier alpha value is -3.93. The summed E-state index contributed by atoms with van der Waals surface area (Å²) in [6, 6.07) is 15.9. The number of carbonyl (C=O) groups is 1. The molecule has 0 unspecified atom stereocenters. The molecule has 3 aromatic carbocycles. The maximum Gasteiger partial charge on any atom is 0.246 e. The van der Waals surface area contributed by atoms with Gasteiger partial charge < -0.3 is 14.9 Å². The number of fused-ring (bicyclic) bond motifs is 2. The number of amides is 1. The van der Waals surface area contributed by atoms with E-state index in [2.05, 4.69) is 27.5 Å². The van der Waals surface area contributed by atoms with Crippen molar-refractivity contribution in [2.24, 2.45) is 0 Å². The van der Waals surface area contributed by atoms with Crippen molar-refractivity contribution in [1.29, 1.82) is 0 Å². The fourth-order valence-electron chi connectivity index (χ4n) is 4.53. The molecule has 0 radical (unpaired) electrons. The SMILES string of the molecule is C=CC(=O)N1CCN(c2ncnc3cc(-c4c(O)ccc5ccccc45)c(C)cc23)CC1. The van der Waals surface area contributed by atoms with Gasteiger partial charge in [0, 0.05) is 37.1 Å². The number of hydrogen-bond donors (Lipinski definition) is 1. The summed E-state index contributed by atoms with van der Waals surface area (Å²) in [7, 11) is 0. The highest BCUT2D eigenvalue weighted by molar-refractivity contribution is 6.03. The van der Waals surface area contributed by atoms with Gasteiger partial charge in [-0.2, -0.15) is 0 Å². The normalized spacial score (nSPS) is 14.2. The third-order valence-corrected chi connectivity index (χ3v) is 6.20. The minimum absolute atomic E-state index is 0.0347. The smallest absolute Gasteiger partial charge is 0.246 e.